The van der Waals surface area contributed by atoms with E-state index in [1.165, 1.54) is 18.4 Å². The Balaban J connectivity index is 1.33. The Kier molecular flexibility index (Phi) is 4.21. The Morgan fingerprint density at radius 3 is 2.37 bits per heavy atom. The van der Waals surface area contributed by atoms with Crippen LogP contribution in [-0.2, 0) is 6.54 Å². The van der Waals surface area contributed by atoms with Crippen LogP contribution in [0.3, 0.4) is 0 Å². The van der Waals surface area contributed by atoms with Gasteiger partial charge in [0.15, 0.2) is 5.78 Å². The molecule has 0 N–H and O–H groups in total. The van der Waals surface area contributed by atoms with E-state index in [0.717, 1.165) is 36.0 Å². The number of ketones is 1. The van der Waals surface area contributed by atoms with Crippen molar-refractivity contribution in [2.45, 2.75) is 44.3 Å². The fourth-order valence-corrected chi connectivity index (χ4v) is 4.89. The minimum absolute atomic E-state index is 0.128. The fourth-order valence-electron chi connectivity index (χ4n) is 4.89. The molecule has 0 aliphatic carbocycles. The molecule has 2 fully saturated rings. The summed E-state index contributed by atoms with van der Waals surface area (Å²) in [6.07, 6.45) is 7.74. The van der Waals surface area contributed by atoms with Crippen molar-refractivity contribution >= 4 is 16.8 Å². The molecule has 2 atom stereocenters. The van der Waals surface area contributed by atoms with Crippen LogP contribution in [0.15, 0.2) is 60.9 Å². The molecule has 4 heteroatoms. The highest BCUT2D eigenvalue weighted by Gasteiger charge is 2.42. The van der Waals surface area contributed by atoms with Gasteiger partial charge in [-0.1, -0.05) is 30.3 Å². The molecule has 2 aliphatic rings. The van der Waals surface area contributed by atoms with Crippen molar-refractivity contribution in [2.24, 2.45) is 5.92 Å². The van der Waals surface area contributed by atoms with E-state index in [4.69, 9.17) is 0 Å². The van der Waals surface area contributed by atoms with Gasteiger partial charge in [-0.2, -0.15) is 0 Å². The monoisotopic (exact) mass is 357 g/mol. The molecule has 2 saturated heterocycles. The third-order valence-corrected chi connectivity index (χ3v) is 6.22. The van der Waals surface area contributed by atoms with E-state index in [2.05, 4.69) is 45.2 Å². The molecular formula is C23H23N3O. The predicted octanol–water partition coefficient (Wildman–Crippen LogP) is 4.26. The van der Waals surface area contributed by atoms with E-state index in [0.29, 0.717) is 12.1 Å². The molecule has 2 unspecified atom stereocenters. The number of nitrogens with zero attached hydrogens (tertiary/aromatic N) is 3. The highest BCUT2D eigenvalue weighted by molar-refractivity contribution is 6.00. The van der Waals surface area contributed by atoms with E-state index in [1.807, 2.05) is 18.2 Å². The van der Waals surface area contributed by atoms with Crippen LogP contribution in [-0.4, -0.2) is 32.7 Å². The number of carbonyl (C=O) groups is 1. The Morgan fingerprint density at radius 2 is 1.63 bits per heavy atom. The van der Waals surface area contributed by atoms with Crippen LogP contribution in [0.2, 0.25) is 0 Å². The predicted molar refractivity (Wildman–Crippen MR) is 105 cm³/mol. The van der Waals surface area contributed by atoms with Gasteiger partial charge in [-0.25, -0.2) is 0 Å². The van der Waals surface area contributed by atoms with Crippen LogP contribution >= 0.6 is 0 Å². The van der Waals surface area contributed by atoms with Crippen LogP contribution in [0, 0.1) is 5.92 Å². The van der Waals surface area contributed by atoms with E-state index in [9.17, 15) is 4.79 Å². The Hall–Kier alpha value is -2.59. The topological polar surface area (TPSA) is 46.1 Å². The molecule has 0 radical (unpaired) electrons. The lowest BCUT2D eigenvalue weighted by Crippen LogP contribution is -2.44. The summed E-state index contributed by atoms with van der Waals surface area (Å²) >= 11 is 0. The molecule has 2 bridgehead atoms. The molecule has 3 aromatic rings. The maximum Gasteiger partial charge on any atom is 0.166 e. The number of piperidine rings is 1. The summed E-state index contributed by atoms with van der Waals surface area (Å²) in [7, 11) is 0. The number of carbonyl (C=O) groups excluding carboxylic acids is 1. The lowest BCUT2D eigenvalue weighted by atomic mass is 9.84. The van der Waals surface area contributed by atoms with E-state index >= 15 is 0 Å². The molecule has 0 amide bonds. The number of rotatable bonds is 4. The zero-order valence-corrected chi connectivity index (χ0v) is 15.3. The minimum atomic E-state index is 0.128. The summed E-state index contributed by atoms with van der Waals surface area (Å²) in [6, 6.07) is 17.5. The number of benzene rings is 2. The molecule has 136 valence electrons. The van der Waals surface area contributed by atoms with Gasteiger partial charge in [-0.15, -0.1) is 0 Å². The van der Waals surface area contributed by atoms with Gasteiger partial charge >= 0.3 is 0 Å². The normalized spacial score (nSPS) is 25.0. The lowest BCUT2D eigenvalue weighted by molar-refractivity contribution is 0.0678. The van der Waals surface area contributed by atoms with Crippen molar-refractivity contribution in [3.8, 4) is 0 Å². The first kappa shape index (κ1) is 16.6. The van der Waals surface area contributed by atoms with Crippen LogP contribution in [0.4, 0.5) is 0 Å². The number of hydrogen-bond donors (Lipinski definition) is 0. The first-order valence-electron chi connectivity index (χ1n) is 9.82. The van der Waals surface area contributed by atoms with Crippen molar-refractivity contribution in [1.82, 2.24) is 14.9 Å². The highest BCUT2D eigenvalue weighted by atomic mass is 16.1. The molecular weight excluding hydrogens is 334 g/mol. The van der Waals surface area contributed by atoms with Crippen LogP contribution in [0.25, 0.3) is 11.0 Å². The molecule has 2 aliphatic heterocycles. The second-order valence-electron chi connectivity index (χ2n) is 7.84. The molecule has 3 heterocycles. The zero-order valence-electron chi connectivity index (χ0n) is 15.3. The van der Waals surface area contributed by atoms with Gasteiger partial charge in [0.2, 0.25) is 0 Å². The molecule has 4 nitrogen and oxygen atoms in total. The van der Waals surface area contributed by atoms with E-state index < -0.39 is 0 Å². The minimum Gasteiger partial charge on any atom is -0.294 e. The largest absolute Gasteiger partial charge is 0.294 e. The third kappa shape index (κ3) is 3.15. The number of aromatic nitrogens is 2. The van der Waals surface area contributed by atoms with Crippen molar-refractivity contribution < 1.29 is 4.79 Å². The Bertz CT molecular complexity index is 958. The summed E-state index contributed by atoms with van der Waals surface area (Å²) in [5.74, 6) is 0.405. The SMILES string of the molecule is O=C(c1ccc2nccnc2c1)C1CC2CCC(C1)N2Cc1ccccc1. The second kappa shape index (κ2) is 6.86. The quantitative estimate of drug-likeness (QED) is 0.655. The van der Waals surface area contributed by atoms with Crippen molar-refractivity contribution in [3.05, 3.63) is 72.1 Å². The molecule has 27 heavy (non-hydrogen) atoms. The average Bonchev–Trinajstić information content (AvgIpc) is 2.95. The molecule has 2 aromatic carbocycles. The number of fused-ring (bicyclic) bond motifs is 3. The summed E-state index contributed by atoms with van der Waals surface area (Å²) in [5, 5.41) is 0. The first-order chi connectivity index (χ1) is 13.3. The summed E-state index contributed by atoms with van der Waals surface area (Å²) in [6.45, 7) is 1.00. The number of Topliss-reactive ketones (excluding diaryl/α,β-unsaturated/α-hetero) is 1. The van der Waals surface area contributed by atoms with Gasteiger partial charge in [0.25, 0.3) is 0 Å². The second-order valence-corrected chi connectivity index (χ2v) is 7.84. The smallest absolute Gasteiger partial charge is 0.166 e. The standard InChI is InChI=1S/C23H23N3O/c27-23(17-6-9-21-22(14-17)25-11-10-24-21)18-12-19-7-8-20(13-18)26(19)15-16-4-2-1-3-5-16/h1-6,9-11,14,18-20H,7-8,12-13,15H2. The zero-order chi connectivity index (χ0) is 18.2. The first-order valence-corrected chi connectivity index (χ1v) is 9.82. The number of hydrogen-bond acceptors (Lipinski definition) is 4. The van der Waals surface area contributed by atoms with Gasteiger partial charge in [-0.3, -0.25) is 19.7 Å². The summed E-state index contributed by atoms with van der Waals surface area (Å²) in [4.78, 5) is 24.4. The van der Waals surface area contributed by atoms with Gasteiger partial charge in [0.1, 0.15) is 0 Å². The summed E-state index contributed by atoms with van der Waals surface area (Å²) in [5.41, 5.74) is 3.79. The van der Waals surface area contributed by atoms with Crippen molar-refractivity contribution in [2.75, 3.05) is 0 Å². The van der Waals surface area contributed by atoms with Crippen LogP contribution in [0.5, 0.6) is 0 Å². The van der Waals surface area contributed by atoms with Gasteiger partial charge in [-0.05, 0) is 49.4 Å². The molecule has 5 rings (SSSR count). The van der Waals surface area contributed by atoms with Crippen LogP contribution < -0.4 is 0 Å². The maximum absolute atomic E-state index is 13.2. The van der Waals surface area contributed by atoms with E-state index in [-0.39, 0.29) is 11.7 Å². The van der Waals surface area contributed by atoms with Gasteiger partial charge in [0.05, 0.1) is 11.0 Å². The maximum atomic E-state index is 13.2. The lowest BCUT2D eigenvalue weighted by Gasteiger charge is -2.38. The van der Waals surface area contributed by atoms with Gasteiger partial charge < -0.3 is 0 Å². The third-order valence-electron chi connectivity index (χ3n) is 6.22. The average molecular weight is 357 g/mol. The van der Waals surface area contributed by atoms with E-state index in [1.54, 1.807) is 12.4 Å². The molecule has 0 saturated carbocycles. The molecule has 1 aromatic heterocycles. The highest BCUT2D eigenvalue weighted by Crippen LogP contribution is 2.40. The van der Waals surface area contributed by atoms with Crippen LogP contribution in [0.1, 0.15) is 41.6 Å². The fraction of sp³-hybridized carbons (Fsp3) is 0.348. The van der Waals surface area contributed by atoms with Crippen molar-refractivity contribution in [1.29, 1.82) is 0 Å². The Morgan fingerprint density at radius 1 is 0.926 bits per heavy atom. The molecule has 0 spiro atoms. The summed E-state index contributed by atoms with van der Waals surface area (Å²) < 4.78 is 0. The van der Waals surface area contributed by atoms with Gasteiger partial charge in [0, 0.05) is 42.5 Å². The van der Waals surface area contributed by atoms with Crippen molar-refractivity contribution in [3.63, 3.8) is 0 Å². The Labute approximate surface area is 159 Å².